The van der Waals surface area contributed by atoms with Crippen LogP contribution < -0.4 is 35.2 Å². The van der Waals surface area contributed by atoms with Crippen LogP contribution in [0.15, 0.2) is 24.3 Å². The first-order chi connectivity index (χ1) is 13.4. The Balaban J connectivity index is 0. The van der Waals surface area contributed by atoms with Crippen molar-refractivity contribution in [1.29, 1.82) is 0 Å². The molecule has 0 heterocycles. The molecule has 9 heteroatoms. The number of benzene rings is 2. The van der Waals surface area contributed by atoms with E-state index >= 15 is 0 Å². The second-order valence-corrected chi connectivity index (χ2v) is 22.0. The predicted molar refractivity (Wildman–Crippen MR) is 135 cm³/mol. The van der Waals surface area contributed by atoms with Crippen LogP contribution in [0.4, 0.5) is 0 Å². The Labute approximate surface area is 228 Å². The molecule has 0 radical (unpaired) electrons. The zero-order valence-corrected chi connectivity index (χ0v) is 26.5. The van der Waals surface area contributed by atoms with Gasteiger partial charge in [0.05, 0.1) is 28.0 Å². The molecule has 0 aromatic heterocycles. The van der Waals surface area contributed by atoms with Crippen molar-refractivity contribution in [1.82, 2.24) is 0 Å². The van der Waals surface area contributed by atoms with Crippen LogP contribution in [0.2, 0.25) is 36.3 Å². The number of hydrogen-bond acceptors (Lipinski definition) is 2. The first-order valence-electron chi connectivity index (χ1n) is 10.5. The quantitative estimate of drug-likeness (QED) is 0.516. The van der Waals surface area contributed by atoms with Gasteiger partial charge >= 0.3 is 21.7 Å². The van der Waals surface area contributed by atoms with Gasteiger partial charge in [0, 0.05) is 11.1 Å². The van der Waals surface area contributed by atoms with Crippen molar-refractivity contribution in [3.63, 3.8) is 0 Å². The summed E-state index contributed by atoms with van der Waals surface area (Å²) in [5.41, 5.74) is 16.5. The number of carbonyl (C=O) groups excluding carboxylic acids is 2. The Kier molecular flexibility index (Phi) is 11.5. The number of carbonyl (C=O) groups is 2. The molecule has 0 atom stereocenters. The number of amides is 2. The van der Waals surface area contributed by atoms with E-state index in [-0.39, 0.29) is 67.7 Å². The van der Waals surface area contributed by atoms with Crippen molar-refractivity contribution in [2.75, 3.05) is 0 Å². The first kappa shape index (κ1) is 34.5. The van der Waals surface area contributed by atoms with Gasteiger partial charge in [-0.15, -0.1) is 0 Å². The average molecular weight is 560 g/mol. The van der Waals surface area contributed by atoms with E-state index in [1.807, 2.05) is 24.3 Å². The summed E-state index contributed by atoms with van der Waals surface area (Å²) in [4.78, 5) is 25.3. The van der Waals surface area contributed by atoms with Gasteiger partial charge in [0.2, 0.25) is 0 Å². The maximum absolute atomic E-state index is 12.8. The predicted octanol–water partition coefficient (Wildman–Crippen LogP) is 0.661. The number of nitrogens with one attached hydrogen (secondary N) is 2. The van der Waals surface area contributed by atoms with Gasteiger partial charge in [-0.2, -0.15) is 0 Å². The van der Waals surface area contributed by atoms with Crippen molar-refractivity contribution in [3.05, 3.63) is 46.9 Å². The normalized spacial score (nSPS) is 12.3. The molecule has 2 amide bonds. The van der Waals surface area contributed by atoms with E-state index in [1.54, 1.807) is 0 Å². The Morgan fingerprint density at radius 2 is 1.00 bits per heavy atom. The summed E-state index contributed by atoms with van der Waals surface area (Å²) in [5.74, 6) is -1.74. The molecule has 4 nitrogen and oxygen atoms in total. The molecular weight excluding hydrogens is 523 g/mol. The molecular formula is C24H36Cl2N2O2Si2Ti. The minimum atomic E-state index is -2.36. The molecule has 0 unspecified atom stereocenters. The third kappa shape index (κ3) is 5.79. The summed E-state index contributed by atoms with van der Waals surface area (Å²) in [7, 11) is -4.54. The standard InChI is InChI=1S/C24H38N2O2Si2.2ClH.Ti/c1-23(2,3)29(7,8)19-16-14-12-11-13-15(16)17(21(25)27)18(22(26)28)20(19)30(9,10)24(4,5)6;;;/h11-14H,1-10H3,(H4,25,26,27,28);2*1H;/q;;;+4/p-4. The number of fused-ring (bicyclic) bond motifs is 1. The van der Waals surface area contributed by atoms with Gasteiger partial charge in [0.1, 0.15) is 0 Å². The number of halogens is 2. The van der Waals surface area contributed by atoms with Gasteiger partial charge in [0.15, 0.2) is 0 Å². The molecule has 0 saturated heterocycles. The van der Waals surface area contributed by atoms with Crippen LogP contribution in [0, 0.1) is 0 Å². The molecule has 0 bridgehead atoms. The Morgan fingerprint density at radius 3 is 1.33 bits per heavy atom. The van der Waals surface area contributed by atoms with Crippen molar-refractivity contribution < 1.29 is 56.1 Å². The molecule has 0 fully saturated rings. The smallest absolute Gasteiger partial charge is 1.00 e. The molecule has 2 aromatic rings. The minimum Gasteiger partial charge on any atom is -1.00 e. The van der Waals surface area contributed by atoms with Crippen LogP contribution in [0.25, 0.3) is 22.2 Å². The fourth-order valence-corrected chi connectivity index (χ4v) is 10.6. The van der Waals surface area contributed by atoms with Gasteiger partial charge in [-0.3, -0.25) is 0 Å². The molecule has 2 N–H and O–H groups in total. The van der Waals surface area contributed by atoms with E-state index in [1.165, 1.54) is 5.19 Å². The van der Waals surface area contributed by atoms with Crippen molar-refractivity contribution in [3.8, 4) is 0 Å². The second kappa shape index (κ2) is 11.0. The van der Waals surface area contributed by atoms with E-state index in [9.17, 15) is 9.59 Å². The van der Waals surface area contributed by atoms with Crippen molar-refractivity contribution >= 4 is 49.1 Å². The zero-order valence-electron chi connectivity index (χ0n) is 21.4. The Bertz CT molecular complexity index is 1040. The summed E-state index contributed by atoms with van der Waals surface area (Å²) < 4.78 is 0. The van der Waals surface area contributed by atoms with Gasteiger partial charge in [0.25, 0.3) is 0 Å². The maximum atomic E-state index is 12.8. The van der Waals surface area contributed by atoms with E-state index in [0.717, 1.165) is 10.6 Å². The van der Waals surface area contributed by atoms with Gasteiger partial charge < -0.3 is 45.9 Å². The van der Waals surface area contributed by atoms with Crippen LogP contribution >= 0.6 is 0 Å². The van der Waals surface area contributed by atoms with E-state index in [0.29, 0.717) is 5.39 Å². The molecule has 2 rings (SSSR count). The zero-order chi connectivity index (χ0) is 23.4. The molecule has 0 spiro atoms. The summed E-state index contributed by atoms with van der Waals surface area (Å²) in [5, 5.41) is 3.63. The molecule has 33 heavy (non-hydrogen) atoms. The van der Waals surface area contributed by atoms with Crippen LogP contribution in [-0.2, 0) is 21.7 Å². The van der Waals surface area contributed by atoms with E-state index in [2.05, 4.69) is 67.7 Å². The third-order valence-electron chi connectivity index (χ3n) is 7.67. The van der Waals surface area contributed by atoms with E-state index in [4.69, 9.17) is 11.5 Å². The Hall–Kier alpha value is -0.632. The molecule has 0 aliphatic heterocycles. The van der Waals surface area contributed by atoms with Gasteiger partial charge in [-0.25, -0.2) is 0 Å². The maximum Gasteiger partial charge on any atom is 4.00 e. The minimum absolute atomic E-state index is 0. The van der Waals surface area contributed by atoms with Gasteiger partial charge in [-0.1, -0.05) is 97.2 Å². The van der Waals surface area contributed by atoms with Crippen molar-refractivity contribution in [2.45, 2.75) is 77.8 Å². The molecule has 0 aliphatic carbocycles. The van der Waals surface area contributed by atoms with E-state index < -0.39 is 28.0 Å². The monoisotopic (exact) mass is 558 g/mol. The summed E-state index contributed by atoms with van der Waals surface area (Å²) in [6, 6.07) is 7.67. The molecule has 180 valence electrons. The second-order valence-electron chi connectivity index (χ2n) is 11.5. The van der Waals surface area contributed by atoms with Crippen LogP contribution in [0.3, 0.4) is 0 Å². The molecule has 0 saturated carbocycles. The van der Waals surface area contributed by atoms with Crippen molar-refractivity contribution in [2.24, 2.45) is 0 Å². The summed E-state index contributed by atoms with van der Waals surface area (Å²) >= 11 is 0. The van der Waals surface area contributed by atoms with Crippen LogP contribution in [-0.4, -0.2) is 28.0 Å². The Morgan fingerprint density at radius 1 is 0.667 bits per heavy atom. The fraction of sp³-hybridized carbons (Fsp3) is 0.500. The average Bonchev–Trinajstić information content (AvgIpc) is 2.56. The number of rotatable bonds is 4. The SMILES string of the molecule is CC(C)(C)[Si](C)(C)c1c(C([NH-])=O)c(C([NH-])=O)c2ccccc2c1[Si](C)(C)C(C)(C)C.[Cl-].[Cl-].[Ti+4]. The van der Waals surface area contributed by atoms with Gasteiger partial charge in [-0.05, 0) is 26.0 Å². The molecule has 2 aromatic carbocycles. The molecule has 0 aliphatic rings. The van der Waals surface area contributed by atoms with Crippen LogP contribution in [0.1, 0.15) is 62.3 Å². The summed E-state index contributed by atoms with van der Waals surface area (Å²) in [6.45, 7) is 22.4. The fourth-order valence-electron chi connectivity index (χ4n) is 3.93. The van der Waals surface area contributed by atoms with Crippen LogP contribution in [0.5, 0.6) is 0 Å². The largest absolute Gasteiger partial charge is 4.00 e. The first-order valence-corrected chi connectivity index (χ1v) is 16.5. The number of hydrogen-bond donors (Lipinski definition) is 0. The third-order valence-corrected chi connectivity index (χ3v) is 18.9. The topological polar surface area (TPSA) is 81.7 Å². The summed E-state index contributed by atoms with van der Waals surface area (Å²) in [6.07, 6.45) is 0.